The van der Waals surface area contributed by atoms with E-state index in [0.717, 1.165) is 30.6 Å². The van der Waals surface area contributed by atoms with Gasteiger partial charge in [0.2, 0.25) is 0 Å². The van der Waals surface area contributed by atoms with E-state index in [1.165, 1.54) is 0 Å². The third kappa shape index (κ3) is 1.57. The highest BCUT2D eigenvalue weighted by molar-refractivity contribution is 9.10. The molecule has 0 N–H and O–H groups in total. The van der Waals surface area contributed by atoms with E-state index in [9.17, 15) is 4.39 Å². The van der Waals surface area contributed by atoms with Crippen LogP contribution >= 0.6 is 15.9 Å². The molecular weight excluding hydrogens is 233 g/mol. The maximum absolute atomic E-state index is 13.2. The molecule has 0 atom stereocenters. The Labute approximate surface area is 85.7 Å². The highest BCUT2D eigenvalue weighted by atomic mass is 79.9. The van der Waals surface area contributed by atoms with Gasteiger partial charge in [-0.3, -0.25) is 0 Å². The average molecular weight is 244 g/mol. The van der Waals surface area contributed by atoms with Crippen molar-refractivity contribution >= 4 is 21.6 Å². The summed E-state index contributed by atoms with van der Waals surface area (Å²) in [5.41, 5.74) is 2.27. The van der Waals surface area contributed by atoms with Gasteiger partial charge in [-0.2, -0.15) is 0 Å². The smallest absolute Gasteiger partial charge is 0.137 e. The molecular formula is C10H11BrFN. The number of nitrogens with zero attached hydrogens (tertiary/aromatic N) is 1. The zero-order valence-electron chi connectivity index (χ0n) is 7.48. The number of anilines is 1. The lowest BCUT2D eigenvalue weighted by atomic mass is 10.0. The minimum Gasteiger partial charge on any atom is -0.374 e. The number of aryl methyl sites for hydroxylation is 1. The van der Waals surface area contributed by atoms with E-state index in [4.69, 9.17) is 0 Å². The van der Waals surface area contributed by atoms with E-state index in [-0.39, 0.29) is 5.82 Å². The number of fused-ring (bicyclic) bond motifs is 1. The SMILES string of the molecule is CN1CCCc2cc(F)c(Br)cc21. The van der Waals surface area contributed by atoms with Crippen molar-refractivity contribution in [2.75, 3.05) is 18.5 Å². The van der Waals surface area contributed by atoms with Crippen LogP contribution in [0.3, 0.4) is 0 Å². The largest absolute Gasteiger partial charge is 0.374 e. The predicted octanol–water partition coefficient (Wildman–Crippen LogP) is 2.97. The summed E-state index contributed by atoms with van der Waals surface area (Å²) in [6, 6.07) is 3.50. The van der Waals surface area contributed by atoms with Gasteiger partial charge in [-0.1, -0.05) is 0 Å². The fourth-order valence-corrected chi connectivity index (χ4v) is 2.09. The van der Waals surface area contributed by atoms with Crippen LogP contribution < -0.4 is 4.90 Å². The Kier molecular flexibility index (Phi) is 2.28. The van der Waals surface area contributed by atoms with E-state index in [1.807, 2.05) is 13.1 Å². The first-order valence-corrected chi connectivity index (χ1v) is 5.17. The molecule has 1 aromatic rings. The van der Waals surface area contributed by atoms with Crippen LogP contribution in [0.4, 0.5) is 10.1 Å². The second-order valence-electron chi connectivity index (χ2n) is 3.42. The second kappa shape index (κ2) is 3.29. The molecule has 0 aromatic heterocycles. The number of rotatable bonds is 0. The van der Waals surface area contributed by atoms with Crippen molar-refractivity contribution in [1.82, 2.24) is 0 Å². The molecule has 3 heteroatoms. The Bertz CT molecular complexity index is 338. The van der Waals surface area contributed by atoms with Gasteiger partial charge in [0, 0.05) is 19.3 Å². The summed E-state index contributed by atoms with van der Waals surface area (Å²) in [7, 11) is 2.04. The second-order valence-corrected chi connectivity index (χ2v) is 4.27. The molecule has 1 heterocycles. The van der Waals surface area contributed by atoms with Crippen molar-refractivity contribution in [3.8, 4) is 0 Å². The van der Waals surface area contributed by atoms with Gasteiger partial charge in [-0.25, -0.2) is 4.39 Å². The molecule has 1 nitrogen and oxygen atoms in total. The number of halogens is 2. The zero-order chi connectivity index (χ0) is 9.42. The Morgan fingerprint density at radius 3 is 3.00 bits per heavy atom. The molecule has 70 valence electrons. The third-order valence-corrected chi connectivity index (χ3v) is 3.08. The molecule has 1 aromatic carbocycles. The van der Waals surface area contributed by atoms with Gasteiger partial charge < -0.3 is 4.90 Å². The van der Waals surface area contributed by atoms with Gasteiger partial charge in [0.05, 0.1) is 4.47 Å². The maximum Gasteiger partial charge on any atom is 0.137 e. The monoisotopic (exact) mass is 243 g/mol. The van der Waals surface area contributed by atoms with Crippen molar-refractivity contribution in [3.63, 3.8) is 0 Å². The first kappa shape index (κ1) is 9.00. The summed E-state index contributed by atoms with van der Waals surface area (Å²) in [6.07, 6.45) is 2.11. The van der Waals surface area contributed by atoms with Gasteiger partial charge in [-0.05, 0) is 46.5 Å². The molecule has 0 bridgehead atoms. The van der Waals surface area contributed by atoms with Crippen LogP contribution in [-0.4, -0.2) is 13.6 Å². The molecule has 0 saturated heterocycles. The molecule has 0 fully saturated rings. The molecule has 0 radical (unpaired) electrons. The van der Waals surface area contributed by atoms with Gasteiger partial charge in [-0.15, -0.1) is 0 Å². The molecule has 0 amide bonds. The van der Waals surface area contributed by atoms with Crippen molar-refractivity contribution in [2.45, 2.75) is 12.8 Å². The first-order chi connectivity index (χ1) is 6.18. The standard InChI is InChI=1S/C10H11BrFN/c1-13-4-2-3-7-5-9(12)8(11)6-10(7)13/h5-6H,2-4H2,1H3. The normalized spacial score (nSPS) is 15.8. The van der Waals surface area contributed by atoms with E-state index in [0.29, 0.717) is 4.47 Å². The number of hydrogen-bond acceptors (Lipinski definition) is 1. The molecule has 13 heavy (non-hydrogen) atoms. The fraction of sp³-hybridized carbons (Fsp3) is 0.400. The van der Waals surface area contributed by atoms with E-state index < -0.39 is 0 Å². The highest BCUT2D eigenvalue weighted by Crippen LogP contribution is 2.30. The molecule has 0 unspecified atom stereocenters. The summed E-state index contributed by atoms with van der Waals surface area (Å²) in [5.74, 6) is -0.158. The van der Waals surface area contributed by atoms with Crippen LogP contribution in [0.5, 0.6) is 0 Å². The molecule has 0 aliphatic carbocycles. The van der Waals surface area contributed by atoms with E-state index >= 15 is 0 Å². The lowest BCUT2D eigenvalue weighted by molar-refractivity contribution is 0.614. The number of hydrogen-bond donors (Lipinski definition) is 0. The molecule has 1 aliphatic heterocycles. The minimum atomic E-state index is -0.158. The zero-order valence-corrected chi connectivity index (χ0v) is 9.07. The Balaban J connectivity index is 2.52. The summed E-state index contributed by atoms with van der Waals surface area (Å²) in [5, 5.41) is 0. The topological polar surface area (TPSA) is 3.24 Å². The van der Waals surface area contributed by atoms with Gasteiger partial charge in [0.15, 0.2) is 0 Å². The van der Waals surface area contributed by atoms with Crippen molar-refractivity contribution in [1.29, 1.82) is 0 Å². The average Bonchev–Trinajstić information content (AvgIpc) is 2.09. The summed E-state index contributed by atoms with van der Waals surface area (Å²) in [4.78, 5) is 2.17. The highest BCUT2D eigenvalue weighted by Gasteiger charge is 2.15. The van der Waals surface area contributed by atoms with Crippen LogP contribution in [0.1, 0.15) is 12.0 Å². The summed E-state index contributed by atoms with van der Waals surface area (Å²) < 4.78 is 13.7. The molecule has 1 aliphatic rings. The van der Waals surface area contributed by atoms with Crippen LogP contribution in [0.15, 0.2) is 16.6 Å². The third-order valence-electron chi connectivity index (χ3n) is 2.47. The molecule has 2 rings (SSSR count). The molecule has 0 saturated carbocycles. The summed E-state index contributed by atoms with van der Waals surface area (Å²) in [6.45, 7) is 1.06. The van der Waals surface area contributed by atoms with Crippen LogP contribution in [0.2, 0.25) is 0 Å². The predicted molar refractivity (Wildman–Crippen MR) is 55.7 cm³/mol. The lowest BCUT2D eigenvalue weighted by Crippen LogP contribution is -2.24. The van der Waals surface area contributed by atoms with E-state index in [1.54, 1.807) is 6.07 Å². The Morgan fingerprint density at radius 1 is 1.46 bits per heavy atom. The van der Waals surface area contributed by atoms with Crippen molar-refractivity contribution in [2.24, 2.45) is 0 Å². The van der Waals surface area contributed by atoms with Crippen LogP contribution in [-0.2, 0) is 6.42 Å². The van der Waals surface area contributed by atoms with E-state index in [2.05, 4.69) is 20.8 Å². The first-order valence-electron chi connectivity index (χ1n) is 4.37. The van der Waals surface area contributed by atoms with Crippen molar-refractivity contribution in [3.05, 3.63) is 28.0 Å². The number of benzene rings is 1. The van der Waals surface area contributed by atoms with Crippen LogP contribution in [0.25, 0.3) is 0 Å². The molecule has 0 spiro atoms. The quantitative estimate of drug-likeness (QED) is 0.678. The van der Waals surface area contributed by atoms with Gasteiger partial charge in [0.1, 0.15) is 5.82 Å². The maximum atomic E-state index is 13.2. The van der Waals surface area contributed by atoms with Crippen molar-refractivity contribution < 1.29 is 4.39 Å². The van der Waals surface area contributed by atoms with Gasteiger partial charge in [0.25, 0.3) is 0 Å². The Morgan fingerprint density at radius 2 is 2.23 bits per heavy atom. The fourth-order valence-electron chi connectivity index (χ4n) is 1.76. The summed E-state index contributed by atoms with van der Waals surface area (Å²) >= 11 is 3.20. The van der Waals surface area contributed by atoms with Crippen LogP contribution in [0, 0.1) is 5.82 Å². The minimum absolute atomic E-state index is 0.158. The Hall–Kier alpha value is -0.570. The lowest BCUT2D eigenvalue weighted by Gasteiger charge is -2.27. The van der Waals surface area contributed by atoms with Gasteiger partial charge >= 0.3 is 0 Å².